The molecule has 0 aliphatic carbocycles. The standard InChI is InChI=1S/C24H35NO/c1-3-4-5-6-7-8-9-10-11-12-13-14-17-21-20-24(26)22-18-15-16-19-23(22)25(21)2/h12-13,15-16,18-20H,3-11,14,17H2,1-2H3/b13-12-. The van der Waals surface area contributed by atoms with Crippen molar-refractivity contribution in [3.63, 3.8) is 0 Å². The minimum Gasteiger partial charge on any atom is -0.347 e. The van der Waals surface area contributed by atoms with Crippen LogP contribution in [0.2, 0.25) is 0 Å². The molecule has 2 nitrogen and oxygen atoms in total. The molecular formula is C24H35NO. The van der Waals surface area contributed by atoms with Crippen molar-refractivity contribution in [3.05, 3.63) is 58.4 Å². The van der Waals surface area contributed by atoms with E-state index in [-0.39, 0.29) is 5.43 Å². The third kappa shape index (κ3) is 6.48. The highest BCUT2D eigenvalue weighted by Crippen LogP contribution is 2.13. The molecule has 0 amide bonds. The van der Waals surface area contributed by atoms with Gasteiger partial charge < -0.3 is 4.57 Å². The predicted octanol–water partition coefficient (Wildman–Crippen LogP) is 6.56. The summed E-state index contributed by atoms with van der Waals surface area (Å²) in [5.74, 6) is 0. The van der Waals surface area contributed by atoms with Crippen molar-refractivity contribution in [1.82, 2.24) is 4.57 Å². The van der Waals surface area contributed by atoms with Crippen LogP contribution in [0, 0.1) is 0 Å². The average Bonchev–Trinajstić information content (AvgIpc) is 2.66. The zero-order valence-corrected chi connectivity index (χ0v) is 16.7. The van der Waals surface area contributed by atoms with Gasteiger partial charge in [0.05, 0.1) is 5.52 Å². The number of nitrogens with zero attached hydrogens (tertiary/aromatic N) is 1. The Hall–Kier alpha value is -1.83. The molecule has 0 radical (unpaired) electrons. The molecular weight excluding hydrogens is 318 g/mol. The molecule has 142 valence electrons. The van der Waals surface area contributed by atoms with Crippen LogP contribution in [0.3, 0.4) is 0 Å². The molecule has 0 bridgehead atoms. The van der Waals surface area contributed by atoms with Crippen LogP contribution in [0.5, 0.6) is 0 Å². The Kier molecular flexibility index (Phi) is 9.23. The molecule has 0 aliphatic rings. The number of hydrogen-bond acceptors (Lipinski definition) is 1. The Morgan fingerprint density at radius 2 is 1.54 bits per heavy atom. The minimum absolute atomic E-state index is 0.136. The number of aromatic nitrogens is 1. The molecule has 0 saturated heterocycles. The van der Waals surface area contributed by atoms with Crippen LogP contribution in [0.15, 0.2) is 47.3 Å². The van der Waals surface area contributed by atoms with Gasteiger partial charge in [-0.25, -0.2) is 0 Å². The smallest absolute Gasteiger partial charge is 0.189 e. The lowest BCUT2D eigenvalue weighted by Crippen LogP contribution is -2.11. The lowest BCUT2D eigenvalue weighted by Gasteiger charge is -2.11. The first-order valence-electron chi connectivity index (χ1n) is 10.5. The molecule has 1 heterocycles. The van der Waals surface area contributed by atoms with E-state index in [0.717, 1.165) is 29.4 Å². The Bertz CT molecular complexity index is 741. The van der Waals surface area contributed by atoms with E-state index in [9.17, 15) is 4.79 Å². The van der Waals surface area contributed by atoms with Crippen molar-refractivity contribution in [2.45, 2.75) is 77.6 Å². The average molecular weight is 354 g/mol. The highest BCUT2D eigenvalue weighted by atomic mass is 16.1. The van der Waals surface area contributed by atoms with E-state index in [2.05, 4.69) is 30.7 Å². The molecule has 0 unspecified atom stereocenters. The molecule has 0 spiro atoms. The van der Waals surface area contributed by atoms with Crippen molar-refractivity contribution >= 4 is 10.9 Å². The first-order valence-corrected chi connectivity index (χ1v) is 10.5. The summed E-state index contributed by atoms with van der Waals surface area (Å²) in [5.41, 5.74) is 2.28. The number of allylic oxidation sites excluding steroid dienone is 2. The Balaban J connectivity index is 1.67. The summed E-state index contributed by atoms with van der Waals surface area (Å²) in [4.78, 5) is 12.2. The maximum Gasteiger partial charge on any atom is 0.189 e. The third-order valence-electron chi connectivity index (χ3n) is 5.22. The predicted molar refractivity (Wildman–Crippen MR) is 114 cm³/mol. The van der Waals surface area contributed by atoms with Gasteiger partial charge in [-0.3, -0.25) is 4.79 Å². The summed E-state index contributed by atoms with van der Waals surface area (Å²) in [5, 5.41) is 0.809. The maximum absolute atomic E-state index is 12.2. The number of aryl methyl sites for hydroxylation is 2. The van der Waals surface area contributed by atoms with Crippen LogP contribution in [0.4, 0.5) is 0 Å². The van der Waals surface area contributed by atoms with Crippen LogP contribution in [0.1, 0.15) is 76.8 Å². The largest absolute Gasteiger partial charge is 0.347 e. The SMILES string of the molecule is CCCCCCCCCC/C=C\CCc1cc(=O)c2ccccc2n1C. The summed E-state index contributed by atoms with van der Waals surface area (Å²) in [6.45, 7) is 2.27. The van der Waals surface area contributed by atoms with Gasteiger partial charge in [-0.2, -0.15) is 0 Å². The molecule has 2 heteroatoms. The molecule has 0 aliphatic heterocycles. The molecule has 2 aromatic rings. The summed E-state index contributed by atoms with van der Waals surface area (Å²) >= 11 is 0. The van der Waals surface area contributed by atoms with Crippen molar-refractivity contribution in [2.75, 3.05) is 0 Å². The number of unbranched alkanes of at least 4 members (excludes halogenated alkanes) is 8. The molecule has 2 rings (SSSR count). The van der Waals surface area contributed by atoms with Crippen molar-refractivity contribution in [3.8, 4) is 0 Å². The Morgan fingerprint density at radius 3 is 2.31 bits per heavy atom. The zero-order chi connectivity index (χ0) is 18.6. The fourth-order valence-corrected chi connectivity index (χ4v) is 3.56. The summed E-state index contributed by atoms with van der Waals surface area (Å²) in [7, 11) is 2.06. The van der Waals surface area contributed by atoms with Gasteiger partial charge in [0.15, 0.2) is 5.43 Å². The Morgan fingerprint density at radius 1 is 0.885 bits per heavy atom. The number of rotatable bonds is 12. The monoisotopic (exact) mass is 353 g/mol. The topological polar surface area (TPSA) is 22.0 Å². The van der Waals surface area contributed by atoms with Crippen LogP contribution >= 0.6 is 0 Å². The zero-order valence-electron chi connectivity index (χ0n) is 16.7. The normalized spacial score (nSPS) is 11.6. The quantitative estimate of drug-likeness (QED) is 0.313. The lowest BCUT2D eigenvalue weighted by atomic mass is 10.1. The molecule has 1 aromatic heterocycles. The van der Waals surface area contributed by atoms with Crippen LogP contribution < -0.4 is 5.43 Å². The number of hydrogen-bond donors (Lipinski definition) is 0. The fraction of sp³-hybridized carbons (Fsp3) is 0.542. The van der Waals surface area contributed by atoms with E-state index in [4.69, 9.17) is 0 Å². The second kappa shape index (κ2) is 11.7. The molecule has 0 fully saturated rings. The molecule has 0 N–H and O–H groups in total. The van der Waals surface area contributed by atoms with E-state index >= 15 is 0 Å². The highest BCUT2D eigenvalue weighted by Gasteiger charge is 2.04. The Labute approximate surface area is 158 Å². The molecule has 1 aromatic carbocycles. The van der Waals surface area contributed by atoms with Gasteiger partial charge in [0.1, 0.15) is 0 Å². The van der Waals surface area contributed by atoms with E-state index < -0.39 is 0 Å². The van der Waals surface area contributed by atoms with Gasteiger partial charge in [0.2, 0.25) is 0 Å². The summed E-state index contributed by atoms with van der Waals surface area (Å²) in [6.07, 6.45) is 18.7. The van der Waals surface area contributed by atoms with Crippen LogP contribution in [-0.2, 0) is 13.5 Å². The van der Waals surface area contributed by atoms with E-state index in [0.29, 0.717) is 0 Å². The van der Waals surface area contributed by atoms with Gasteiger partial charge in [-0.1, -0.05) is 76.2 Å². The van der Waals surface area contributed by atoms with Crippen molar-refractivity contribution in [1.29, 1.82) is 0 Å². The molecule has 26 heavy (non-hydrogen) atoms. The van der Waals surface area contributed by atoms with Gasteiger partial charge in [0, 0.05) is 24.2 Å². The number of benzene rings is 1. The van der Waals surface area contributed by atoms with Gasteiger partial charge in [-0.15, -0.1) is 0 Å². The number of pyridine rings is 1. The van der Waals surface area contributed by atoms with E-state index in [1.54, 1.807) is 6.07 Å². The first kappa shape index (κ1) is 20.5. The second-order valence-corrected chi connectivity index (χ2v) is 7.35. The maximum atomic E-state index is 12.2. The van der Waals surface area contributed by atoms with E-state index in [1.165, 1.54) is 57.8 Å². The van der Waals surface area contributed by atoms with Gasteiger partial charge >= 0.3 is 0 Å². The number of fused-ring (bicyclic) bond motifs is 1. The van der Waals surface area contributed by atoms with Gasteiger partial charge in [-0.05, 0) is 37.8 Å². The lowest BCUT2D eigenvalue weighted by molar-refractivity contribution is 0.577. The minimum atomic E-state index is 0.136. The van der Waals surface area contributed by atoms with Crippen LogP contribution in [-0.4, -0.2) is 4.57 Å². The van der Waals surface area contributed by atoms with E-state index in [1.807, 2.05) is 24.3 Å². The highest BCUT2D eigenvalue weighted by molar-refractivity contribution is 5.79. The second-order valence-electron chi connectivity index (χ2n) is 7.35. The summed E-state index contributed by atoms with van der Waals surface area (Å²) in [6, 6.07) is 9.66. The van der Waals surface area contributed by atoms with Crippen molar-refractivity contribution in [2.24, 2.45) is 7.05 Å². The summed E-state index contributed by atoms with van der Waals surface area (Å²) < 4.78 is 2.16. The van der Waals surface area contributed by atoms with Gasteiger partial charge in [0.25, 0.3) is 0 Å². The number of para-hydroxylation sites is 1. The molecule has 0 saturated carbocycles. The van der Waals surface area contributed by atoms with Crippen molar-refractivity contribution < 1.29 is 0 Å². The fourth-order valence-electron chi connectivity index (χ4n) is 3.56. The van der Waals surface area contributed by atoms with Crippen LogP contribution in [0.25, 0.3) is 10.9 Å². The first-order chi connectivity index (χ1) is 12.7. The third-order valence-corrected chi connectivity index (χ3v) is 5.22. The molecule has 0 atom stereocenters.